The third kappa shape index (κ3) is 8.65. The number of benzene rings is 3. The van der Waals surface area contributed by atoms with E-state index < -0.39 is 63.7 Å². The van der Waals surface area contributed by atoms with Gasteiger partial charge < -0.3 is 39.2 Å². The highest BCUT2D eigenvalue weighted by Gasteiger charge is 2.53. The van der Waals surface area contributed by atoms with E-state index >= 15 is 0 Å². The number of amides is 2. The van der Waals surface area contributed by atoms with Crippen LogP contribution in [0.4, 0.5) is 4.79 Å². The first-order chi connectivity index (χ1) is 21.0. The van der Waals surface area contributed by atoms with Crippen molar-refractivity contribution in [3.8, 4) is 0 Å². The summed E-state index contributed by atoms with van der Waals surface area (Å²) in [5.41, 5.74) is 2.39. The van der Waals surface area contributed by atoms with E-state index in [1.165, 1.54) is 0 Å². The van der Waals surface area contributed by atoms with Crippen molar-refractivity contribution in [3.63, 3.8) is 0 Å². The monoisotopic (exact) mass is 610 g/mol. The predicted molar refractivity (Wildman–Crippen MR) is 149 cm³/mol. The highest BCUT2D eigenvalue weighted by molar-refractivity contribution is 7.30. The van der Waals surface area contributed by atoms with E-state index in [9.17, 15) is 19.0 Å². The van der Waals surface area contributed by atoms with Crippen LogP contribution in [-0.2, 0) is 50.8 Å². The molecule has 3 unspecified atom stereocenters. The fourth-order valence-corrected chi connectivity index (χ4v) is 5.16. The highest BCUT2D eigenvalue weighted by atomic mass is 31.1. The van der Waals surface area contributed by atoms with Crippen LogP contribution in [0.25, 0.3) is 0 Å². The molecule has 5 rings (SSSR count). The van der Waals surface area contributed by atoms with Gasteiger partial charge in [0.25, 0.3) is 0 Å². The Bertz CT molecular complexity index is 1350. The number of hydrogen-bond donors (Lipinski definition) is 2. The molecule has 3 aromatic carbocycles. The van der Waals surface area contributed by atoms with Crippen LogP contribution < -0.4 is 15.5 Å². The molecule has 2 aliphatic heterocycles. The van der Waals surface area contributed by atoms with Crippen LogP contribution in [0.2, 0.25) is 0 Å². The van der Waals surface area contributed by atoms with Gasteiger partial charge in [0.2, 0.25) is 12.2 Å². The van der Waals surface area contributed by atoms with E-state index in [0.717, 1.165) is 16.7 Å². The Morgan fingerprint density at radius 1 is 0.884 bits per heavy atom. The Hall–Kier alpha value is -3.74. The Balaban J connectivity index is 1.30. The molecule has 13 heteroatoms. The molecule has 12 nitrogen and oxygen atoms in total. The third-order valence-electron chi connectivity index (χ3n) is 6.82. The van der Waals surface area contributed by atoms with Gasteiger partial charge in [-0.15, -0.1) is 4.52 Å². The number of carbonyl (C=O) groups excluding carboxylic acids is 2. The molecule has 2 aliphatic rings. The first-order valence-electron chi connectivity index (χ1n) is 13.6. The Kier molecular flexibility index (Phi) is 10.8. The lowest BCUT2D eigenvalue weighted by molar-refractivity contribution is -0.343. The van der Waals surface area contributed by atoms with Gasteiger partial charge in [0.05, 0.1) is 13.2 Å². The molecule has 43 heavy (non-hydrogen) atoms. The molecule has 3 aromatic rings. The van der Waals surface area contributed by atoms with Crippen molar-refractivity contribution in [2.75, 3.05) is 13.2 Å². The molecule has 0 radical (unpaired) electrons. The van der Waals surface area contributed by atoms with Gasteiger partial charge in [-0.2, -0.15) is 0 Å². The zero-order chi connectivity index (χ0) is 30.0. The van der Waals surface area contributed by atoms with Crippen molar-refractivity contribution in [3.05, 3.63) is 108 Å². The number of carbonyl (C=O) groups is 2. The Morgan fingerprint density at radius 2 is 1.51 bits per heavy atom. The van der Waals surface area contributed by atoms with Crippen molar-refractivity contribution >= 4 is 20.3 Å². The molecule has 2 fully saturated rings. The van der Waals surface area contributed by atoms with E-state index in [1.807, 2.05) is 78.9 Å². The average molecular weight is 611 g/mol. The number of hydrogen-bond acceptors (Lipinski definition) is 10. The van der Waals surface area contributed by atoms with Crippen LogP contribution in [-0.4, -0.2) is 55.8 Å². The normalized spacial score (nSPS) is 25.2. The lowest BCUT2D eigenvalue weighted by atomic mass is 9.95. The maximum absolute atomic E-state index is 13.0. The summed E-state index contributed by atoms with van der Waals surface area (Å²) < 4.78 is 46.3. The second kappa shape index (κ2) is 15.1. The lowest BCUT2D eigenvalue weighted by Gasteiger charge is -2.48. The smallest absolute Gasteiger partial charge is 0.491 e. The van der Waals surface area contributed by atoms with E-state index in [-0.39, 0.29) is 19.8 Å². The van der Waals surface area contributed by atoms with Crippen LogP contribution >= 0.6 is 8.25 Å². The molecule has 2 heterocycles. The number of nitrogens with one attached hydrogen (secondary N) is 2. The fourth-order valence-electron chi connectivity index (χ4n) is 4.81. The largest absolute Gasteiger partial charge is 0.566 e. The second-order valence-corrected chi connectivity index (χ2v) is 10.5. The molecule has 0 aliphatic carbocycles. The molecule has 2 amide bonds. The molecular formula is C30H31N2O10P. The van der Waals surface area contributed by atoms with E-state index in [0.29, 0.717) is 0 Å². The van der Waals surface area contributed by atoms with Crippen LogP contribution in [0.15, 0.2) is 91.0 Å². The van der Waals surface area contributed by atoms with Crippen LogP contribution in [0.5, 0.6) is 0 Å². The molecule has 2 saturated heterocycles. The SMILES string of the molecule is O=C(CNC(=O)OCc1ccccc1)N[C@H]1[C@@H](O[P+](=O)[O-])OC2COC(c3ccccc3)O[C@H]2[C@@H]1OCc1ccccc1. The van der Waals surface area contributed by atoms with Crippen molar-refractivity contribution in [2.24, 2.45) is 0 Å². The summed E-state index contributed by atoms with van der Waals surface area (Å²) in [5, 5.41) is 5.09. The average Bonchev–Trinajstić information content (AvgIpc) is 3.03. The zero-order valence-corrected chi connectivity index (χ0v) is 23.9. The number of ether oxygens (including phenoxy) is 5. The minimum atomic E-state index is -3.37. The Labute approximate surface area is 249 Å². The predicted octanol–water partition coefficient (Wildman–Crippen LogP) is 2.86. The maximum Gasteiger partial charge on any atom is 0.491 e. The van der Waals surface area contributed by atoms with Gasteiger partial charge in [0.15, 0.2) is 6.29 Å². The summed E-state index contributed by atoms with van der Waals surface area (Å²) in [6, 6.07) is 26.5. The quantitative estimate of drug-likeness (QED) is 0.310. The minimum Gasteiger partial charge on any atom is -0.566 e. The lowest BCUT2D eigenvalue weighted by Crippen LogP contribution is -2.67. The fraction of sp³-hybridized carbons (Fsp3) is 0.333. The summed E-state index contributed by atoms with van der Waals surface area (Å²) in [5.74, 6) is -0.654. The van der Waals surface area contributed by atoms with Crippen molar-refractivity contribution in [1.82, 2.24) is 10.6 Å². The van der Waals surface area contributed by atoms with Gasteiger partial charge in [0.1, 0.15) is 37.5 Å². The van der Waals surface area contributed by atoms with Crippen LogP contribution in [0.1, 0.15) is 23.0 Å². The summed E-state index contributed by atoms with van der Waals surface area (Å²) >= 11 is 0. The van der Waals surface area contributed by atoms with Gasteiger partial charge >= 0.3 is 14.3 Å². The van der Waals surface area contributed by atoms with Crippen LogP contribution in [0, 0.1) is 0 Å². The number of rotatable bonds is 11. The first-order valence-corrected chi connectivity index (χ1v) is 14.7. The van der Waals surface area contributed by atoms with Gasteiger partial charge in [0, 0.05) is 5.56 Å². The number of alkyl carbamates (subject to hydrolysis) is 1. The molecule has 0 bridgehead atoms. The molecule has 0 spiro atoms. The van der Waals surface area contributed by atoms with Crippen molar-refractivity contribution in [1.29, 1.82) is 0 Å². The maximum atomic E-state index is 13.0. The molecule has 226 valence electrons. The Morgan fingerprint density at radius 3 is 2.16 bits per heavy atom. The molecule has 2 N–H and O–H groups in total. The second-order valence-electron chi connectivity index (χ2n) is 9.82. The van der Waals surface area contributed by atoms with Gasteiger partial charge in [-0.25, -0.2) is 4.79 Å². The van der Waals surface area contributed by atoms with Crippen molar-refractivity contribution < 1.29 is 47.3 Å². The molecule has 7 atom stereocenters. The van der Waals surface area contributed by atoms with Gasteiger partial charge in [-0.3, -0.25) is 4.79 Å². The van der Waals surface area contributed by atoms with Crippen LogP contribution in [0.3, 0.4) is 0 Å². The summed E-state index contributed by atoms with van der Waals surface area (Å²) in [7, 11) is -3.37. The van der Waals surface area contributed by atoms with Gasteiger partial charge in [-0.1, -0.05) is 91.0 Å². The molecular weight excluding hydrogens is 579 g/mol. The molecule has 0 aromatic heterocycles. The summed E-state index contributed by atoms with van der Waals surface area (Å²) in [4.78, 5) is 36.9. The standard InChI is InChI=1S/C30H31N2O10P/c33-24(16-31-30(34)39-18-21-12-6-2-7-13-21)32-25-27(37-17-20-10-4-1-5-11-20)26-23(40-29(25)42-43(35)36)19-38-28(41-26)22-14-8-3-9-15-22/h1-15,23,25-29H,16-19H2,(H,31,34)(H,32,33)/t23?,25-,26-,27-,28?,29-/m1/s1. The minimum absolute atomic E-state index is 0.0255. The third-order valence-corrected chi connectivity index (χ3v) is 7.20. The number of fused-ring (bicyclic) bond motifs is 1. The zero-order valence-electron chi connectivity index (χ0n) is 23.0. The van der Waals surface area contributed by atoms with E-state index in [4.69, 9.17) is 28.2 Å². The summed E-state index contributed by atoms with van der Waals surface area (Å²) in [6.07, 6.45) is -5.47. The topological polar surface area (TPSA) is 154 Å². The van der Waals surface area contributed by atoms with Crippen molar-refractivity contribution in [2.45, 2.75) is 50.1 Å². The van der Waals surface area contributed by atoms with E-state index in [1.54, 1.807) is 12.1 Å². The summed E-state index contributed by atoms with van der Waals surface area (Å²) in [6.45, 7) is -0.254. The van der Waals surface area contributed by atoms with Gasteiger partial charge in [-0.05, 0) is 15.7 Å². The van der Waals surface area contributed by atoms with E-state index in [2.05, 4.69) is 10.6 Å². The highest BCUT2D eigenvalue weighted by Crippen LogP contribution is 2.37. The molecule has 0 saturated carbocycles. The first kappa shape index (κ1) is 30.7.